The Labute approximate surface area is 171 Å². The Morgan fingerprint density at radius 2 is 1.66 bits per heavy atom. The van der Waals surface area contributed by atoms with Gasteiger partial charge in [0, 0.05) is 11.1 Å². The lowest BCUT2D eigenvalue weighted by Crippen LogP contribution is -2.17. The highest BCUT2D eigenvalue weighted by Gasteiger charge is 2.08. The first kappa shape index (κ1) is 20.4. The highest BCUT2D eigenvalue weighted by Crippen LogP contribution is 2.26. The van der Waals surface area contributed by atoms with E-state index in [9.17, 15) is 4.79 Å². The molecule has 0 unspecified atom stereocenters. The van der Waals surface area contributed by atoms with Gasteiger partial charge in [0.25, 0.3) is 5.91 Å². The Balaban J connectivity index is 1.75. The van der Waals surface area contributed by atoms with Crippen LogP contribution in [-0.4, -0.2) is 25.3 Å². The number of carbonyl (C=O) groups is 1. The van der Waals surface area contributed by atoms with E-state index in [0.717, 1.165) is 40.7 Å². The minimum Gasteiger partial charge on any atom is -0.494 e. The second kappa shape index (κ2) is 10.3. The van der Waals surface area contributed by atoms with Gasteiger partial charge in [0.15, 0.2) is 0 Å². The summed E-state index contributed by atoms with van der Waals surface area (Å²) in [6.07, 6.45) is 3.50. The van der Waals surface area contributed by atoms with Gasteiger partial charge in [-0.15, -0.1) is 0 Å². The van der Waals surface area contributed by atoms with Gasteiger partial charge in [-0.05, 0) is 53.9 Å². The molecule has 150 valence electrons. The highest BCUT2D eigenvalue weighted by atomic mass is 16.5. The van der Waals surface area contributed by atoms with E-state index in [1.165, 1.54) is 0 Å². The summed E-state index contributed by atoms with van der Waals surface area (Å²) in [5.74, 6) is 1.22. The molecule has 0 aliphatic rings. The molecule has 0 bridgehead atoms. The first-order valence-corrected chi connectivity index (χ1v) is 9.93. The fraction of sp³-hybridized carbons (Fsp3) is 0.250. The summed E-state index contributed by atoms with van der Waals surface area (Å²) in [7, 11) is 0. The van der Waals surface area contributed by atoms with E-state index in [4.69, 9.17) is 9.47 Å². The van der Waals surface area contributed by atoms with Crippen molar-refractivity contribution in [3.05, 3.63) is 71.8 Å². The van der Waals surface area contributed by atoms with E-state index in [1.807, 2.05) is 36.4 Å². The van der Waals surface area contributed by atoms with Crippen LogP contribution in [-0.2, 0) is 0 Å². The molecule has 1 N–H and O–H groups in total. The van der Waals surface area contributed by atoms with Crippen molar-refractivity contribution in [1.82, 2.24) is 5.43 Å². The van der Waals surface area contributed by atoms with Crippen molar-refractivity contribution in [1.29, 1.82) is 0 Å². The molecule has 29 heavy (non-hydrogen) atoms. The average Bonchev–Trinajstić information content (AvgIpc) is 2.77. The van der Waals surface area contributed by atoms with Gasteiger partial charge in [-0.3, -0.25) is 4.79 Å². The number of benzene rings is 3. The Morgan fingerprint density at radius 3 is 2.41 bits per heavy atom. The zero-order valence-electron chi connectivity index (χ0n) is 16.9. The molecule has 0 aromatic heterocycles. The number of fused-ring (bicyclic) bond motifs is 1. The largest absolute Gasteiger partial charge is 0.494 e. The van der Waals surface area contributed by atoms with Crippen LogP contribution in [0.15, 0.2) is 65.8 Å². The second-order valence-electron chi connectivity index (χ2n) is 6.62. The highest BCUT2D eigenvalue weighted by molar-refractivity contribution is 6.03. The Morgan fingerprint density at radius 1 is 0.931 bits per heavy atom. The van der Waals surface area contributed by atoms with E-state index < -0.39 is 0 Å². The number of nitrogens with zero attached hydrogens (tertiary/aromatic N) is 1. The smallest absolute Gasteiger partial charge is 0.271 e. The number of ether oxygens (including phenoxy) is 2. The Bertz CT molecular complexity index is 981. The first-order chi connectivity index (χ1) is 14.2. The van der Waals surface area contributed by atoms with Crippen LogP contribution in [0, 0.1) is 0 Å². The summed E-state index contributed by atoms with van der Waals surface area (Å²) < 4.78 is 11.4. The molecule has 0 heterocycles. The number of hydrazone groups is 1. The maximum absolute atomic E-state index is 12.4. The number of amides is 1. The molecule has 0 saturated heterocycles. The molecule has 0 atom stereocenters. The van der Waals surface area contributed by atoms with Gasteiger partial charge in [-0.2, -0.15) is 5.10 Å². The zero-order chi connectivity index (χ0) is 20.5. The maximum atomic E-state index is 12.4. The summed E-state index contributed by atoms with van der Waals surface area (Å²) >= 11 is 0. The van der Waals surface area contributed by atoms with Crippen molar-refractivity contribution in [3.63, 3.8) is 0 Å². The molecule has 3 aromatic carbocycles. The molecule has 0 aliphatic carbocycles. The number of hydrogen-bond acceptors (Lipinski definition) is 4. The van der Waals surface area contributed by atoms with Crippen molar-refractivity contribution in [2.24, 2.45) is 5.10 Å². The zero-order valence-corrected chi connectivity index (χ0v) is 16.9. The van der Waals surface area contributed by atoms with E-state index in [2.05, 4.69) is 24.4 Å². The summed E-state index contributed by atoms with van der Waals surface area (Å²) in [6, 6.07) is 19.0. The number of hydrogen-bond donors (Lipinski definition) is 1. The minimum absolute atomic E-state index is 0.278. The van der Waals surface area contributed by atoms with Crippen molar-refractivity contribution in [3.8, 4) is 11.5 Å². The lowest BCUT2D eigenvalue weighted by molar-refractivity contribution is 0.0955. The minimum atomic E-state index is -0.278. The summed E-state index contributed by atoms with van der Waals surface area (Å²) in [4.78, 5) is 12.4. The molecule has 0 spiro atoms. The SMILES string of the molecule is CCCOc1ccc(C(=O)N/N=C\c2c(OCCC)ccc3ccccc23)cc1. The fourth-order valence-electron chi connectivity index (χ4n) is 2.89. The molecule has 0 radical (unpaired) electrons. The van der Waals surface area contributed by atoms with E-state index in [1.54, 1.807) is 30.5 Å². The number of rotatable bonds is 9. The molecule has 0 aliphatic heterocycles. The van der Waals surface area contributed by atoms with Crippen LogP contribution in [0.1, 0.15) is 42.6 Å². The average molecular weight is 390 g/mol. The number of nitrogens with one attached hydrogen (secondary N) is 1. The second-order valence-corrected chi connectivity index (χ2v) is 6.62. The van der Waals surface area contributed by atoms with Crippen molar-refractivity contribution >= 4 is 22.9 Å². The molecule has 3 aromatic rings. The van der Waals surface area contributed by atoms with Crippen LogP contribution in [0.25, 0.3) is 10.8 Å². The standard InChI is InChI=1S/C24H26N2O3/c1-3-15-28-20-12-9-19(10-13-20)24(27)26-25-17-22-21-8-6-5-7-18(21)11-14-23(22)29-16-4-2/h5-14,17H,3-4,15-16H2,1-2H3,(H,26,27)/b25-17-. The van der Waals surface area contributed by atoms with Crippen LogP contribution in [0.4, 0.5) is 0 Å². The van der Waals surface area contributed by atoms with Crippen LogP contribution >= 0.6 is 0 Å². The van der Waals surface area contributed by atoms with Gasteiger partial charge in [-0.1, -0.05) is 44.2 Å². The molecule has 0 fully saturated rings. The third-order valence-electron chi connectivity index (χ3n) is 4.34. The maximum Gasteiger partial charge on any atom is 0.271 e. The van der Waals surface area contributed by atoms with Crippen molar-refractivity contribution in [2.75, 3.05) is 13.2 Å². The Hall–Kier alpha value is -3.34. The molecular formula is C24H26N2O3. The van der Waals surface area contributed by atoms with Gasteiger partial charge >= 0.3 is 0 Å². The molecule has 5 nitrogen and oxygen atoms in total. The van der Waals surface area contributed by atoms with Gasteiger partial charge < -0.3 is 9.47 Å². The first-order valence-electron chi connectivity index (χ1n) is 9.93. The van der Waals surface area contributed by atoms with Gasteiger partial charge in [0.2, 0.25) is 0 Å². The van der Waals surface area contributed by atoms with Gasteiger partial charge in [-0.25, -0.2) is 5.43 Å². The fourth-order valence-corrected chi connectivity index (χ4v) is 2.89. The van der Waals surface area contributed by atoms with E-state index >= 15 is 0 Å². The Kier molecular flexibility index (Phi) is 7.22. The summed E-state index contributed by atoms with van der Waals surface area (Å²) in [5.41, 5.74) is 3.96. The van der Waals surface area contributed by atoms with Crippen molar-refractivity contribution < 1.29 is 14.3 Å². The molecule has 0 saturated carbocycles. The number of carbonyl (C=O) groups excluding carboxylic acids is 1. The van der Waals surface area contributed by atoms with Crippen LogP contribution < -0.4 is 14.9 Å². The molecule has 5 heteroatoms. The lowest BCUT2D eigenvalue weighted by atomic mass is 10.0. The van der Waals surface area contributed by atoms with Crippen LogP contribution in [0.3, 0.4) is 0 Å². The molecule has 3 rings (SSSR count). The van der Waals surface area contributed by atoms with Gasteiger partial charge in [0.05, 0.1) is 19.4 Å². The predicted octanol–water partition coefficient (Wildman–Crippen LogP) is 5.18. The lowest BCUT2D eigenvalue weighted by Gasteiger charge is -2.11. The predicted molar refractivity (Wildman–Crippen MR) is 117 cm³/mol. The third-order valence-corrected chi connectivity index (χ3v) is 4.34. The van der Waals surface area contributed by atoms with Gasteiger partial charge in [0.1, 0.15) is 11.5 Å². The molecular weight excluding hydrogens is 364 g/mol. The quantitative estimate of drug-likeness (QED) is 0.404. The van der Waals surface area contributed by atoms with Crippen LogP contribution in [0.5, 0.6) is 11.5 Å². The summed E-state index contributed by atoms with van der Waals surface area (Å²) in [6.45, 7) is 5.39. The normalized spacial score (nSPS) is 11.0. The van der Waals surface area contributed by atoms with E-state index in [-0.39, 0.29) is 5.91 Å². The van der Waals surface area contributed by atoms with E-state index in [0.29, 0.717) is 18.8 Å². The topological polar surface area (TPSA) is 59.9 Å². The van der Waals surface area contributed by atoms with Crippen LogP contribution in [0.2, 0.25) is 0 Å². The summed E-state index contributed by atoms with van der Waals surface area (Å²) in [5, 5.41) is 6.29. The van der Waals surface area contributed by atoms with Crippen molar-refractivity contribution in [2.45, 2.75) is 26.7 Å². The molecule has 1 amide bonds. The monoisotopic (exact) mass is 390 g/mol. The third kappa shape index (κ3) is 5.35.